The van der Waals surface area contributed by atoms with Gasteiger partial charge < -0.3 is 13.8 Å². The number of nitrogens with zero attached hydrogens (tertiary/aromatic N) is 1. The molecule has 0 aliphatic rings. The largest absolute Gasteiger partial charge is 0.513 e. The zero-order chi connectivity index (χ0) is 23.7. The van der Waals surface area contributed by atoms with Gasteiger partial charge in [0.15, 0.2) is 0 Å². The van der Waals surface area contributed by atoms with Gasteiger partial charge in [-0.3, -0.25) is 14.9 Å². The van der Waals surface area contributed by atoms with Crippen LogP contribution in [0.15, 0.2) is 48.5 Å². The number of nitrogens with one attached hydrogen (secondary N) is 1. The van der Waals surface area contributed by atoms with Crippen LogP contribution >= 0.6 is 19.5 Å². The Bertz CT molecular complexity index is 952. The van der Waals surface area contributed by atoms with Gasteiger partial charge in [-0.1, -0.05) is 19.1 Å². The highest BCUT2D eigenvalue weighted by Gasteiger charge is 2.34. The average molecular weight is 482 g/mol. The summed E-state index contributed by atoms with van der Waals surface area (Å²) in [5.74, 6) is 1.56. The van der Waals surface area contributed by atoms with Crippen LogP contribution in [-0.4, -0.2) is 28.8 Å². The van der Waals surface area contributed by atoms with Crippen LogP contribution in [0.2, 0.25) is 0 Å². The van der Waals surface area contributed by atoms with Crippen molar-refractivity contribution in [3.63, 3.8) is 0 Å². The summed E-state index contributed by atoms with van der Waals surface area (Å²) in [6.45, 7) is 6.95. The molecule has 174 valence electrons. The fourth-order valence-corrected chi connectivity index (χ4v) is 4.62. The van der Waals surface area contributed by atoms with E-state index in [1.54, 1.807) is 37.7 Å². The molecule has 2 aromatic rings. The third-order valence-electron chi connectivity index (χ3n) is 3.95. The van der Waals surface area contributed by atoms with Crippen molar-refractivity contribution in [3.05, 3.63) is 64.2 Å². The van der Waals surface area contributed by atoms with Crippen molar-refractivity contribution in [2.45, 2.75) is 45.6 Å². The fraction of sp³-hybridized carbons (Fsp3) is 0.381. The highest BCUT2D eigenvalue weighted by atomic mass is 32.2. The third kappa shape index (κ3) is 8.18. The minimum Gasteiger partial charge on any atom is -0.462 e. The quantitative estimate of drug-likeness (QED) is 0.185. The number of thioether (sulfide) groups is 1. The highest BCUT2D eigenvalue weighted by molar-refractivity contribution is 7.98. The molecule has 0 amide bonds. The summed E-state index contributed by atoms with van der Waals surface area (Å²) >= 11 is 1.77. The lowest BCUT2D eigenvalue weighted by atomic mass is 10.2. The molecule has 0 bridgehead atoms. The fourth-order valence-electron chi connectivity index (χ4n) is 2.47. The van der Waals surface area contributed by atoms with E-state index >= 15 is 0 Å². The van der Waals surface area contributed by atoms with Gasteiger partial charge in [-0.2, -0.15) is 16.8 Å². The predicted molar refractivity (Wildman–Crippen MR) is 124 cm³/mol. The second-order valence-corrected chi connectivity index (χ2v) is 9.94. The van der Waals surface area contributed by atoms with Gasteiger partial charge in [0, 0.05) is 17.9 Å². The smallest absolute Gasteiger partial charge is 0.462 e. The molecule has 9 nitrogen and oxygen atoms in total. The second-order valence-electron chi connectivity index (χ2n) is 7.05. The zero-order valence-electron chi connectivity index (χ0n) is 18.3. The van der Waals surface area contributed by atoms with E-state index in [4.69, 9.17) is 13.8 Å². The molecular formula is C21H27N2O7PS. The van der Waals surface area contributed by atoms with E-state index in [2.05, 4.69) is 12.0 Å². The molecule has 0 saturated carbocycles. The standard InChI is InChI=1S/C21H27N2O7PS/c1-5-32-14-17-6-10-19(11-7-17)29-31(27,22-16(4)21(24)28-15(2)3)30-20-12-8-18(9-13-20)23(25)26/h6-13,15-16H,5,14H2,1-4H3,(H,22,27)/t16-,31?/m0/s1. The summed E-state index contributed by atoms with van der Waals surface area (Å²) < 4.78 is 29.9. The predicted octanol–water partition coefficient (Wildman–Crippen LogP) is 5.34. The van der Waals surface area contributed by atoms with Gasteiger partial charge in [-0.15, -0.1) is 0 Å². The summed E-state index contributed by atoms with van der Waals surface area (Å²) in [4.78, 5) is 22.5. The van der Waals surface area contributed by atoms with Crippen molar-refractivity contribution in [1.29, 1.82) is 0 Å². The minimum atomic E-state index is -4.12. The van der Waals surface area contributed by atoms with Crippen molar-refractivity contribution in [2.75, 3.05) is 5.75 Å². The molecule has 1 N–H and O–H groups in total. The molecule has 32 heavy (non-hydrogen) atoms. The molecule has 0 aliphatic heterocycles. The first-order chi connectivity index (χ1) is 15.1. The van der Waals surface area contributed by atoms with Crippen LogP contribution in [0.4, 0.5) is 5.69 Å². The molecule has 0 saturated heterocycles. The molecule has 2 aromatic carbocycles. The number of esters is 1. The number of non-ortho nitro benzene ring substituents is 1. The van der Waals surface area contributed by atoms with Gasteiger partial charge in [0.2, 0.25) is 0 Å². The SMILES string of the molecule is CCSCc1ccc(OP(=O)(N[C@@H](C)C(=O)OC(C)C)Oc2ccc([N+](=O)[O-])cc2)cc1. The van der Waals surface area contributed by atoms with Gasteiger partial charge in [0.05, 0.1) is 11.0 Å². The van der Waals surface area contributed by atoms with E-state index in [0.717, 1.165) is 17.1 Å². The van der Waals surface area contributed by atoms with Crippen LogP contribution in [-0.2, 0) is 19.8 Å². The molecule has 1 unspecified atom stereocenters. The van der Waals surface area contributed by atoms with E-state index in [1.807, 2.05) is 12.1 Å². The van der Waals surface area contributed by atoms with Crippen LogP contribution in [0.3, 0.4) is 0 Å². The maximum absolute atomic E-state index is 13.5. The van der Waals surface area contributed by atoms with E-state index in [-0.39, 0.29) is 23.3 Å². The lowest BCUT2D eigenvalue weighted by Crippen LogP contribution is -2.36. The number of carbonyl (C=O) groups excluding carboxylic acids is 1. The first-order valence-corrected chi connectivity index (χ1v) is 12.7. The zero-order valence-corrected chi connectivity index (χ0v) is 20.1. The summed E-state index contributed by atoms with van der Waals surface area (Å²) in [6, 6.07) is 11.1. The number of hydrogen-bond acceptors (Lipinski definition) is 8. The normalized spacial score (nSPS) is 13.8. The first-order valence-electron chi connectivity index (χ1n) is 10.0. The van der Waals surface area contributed by atoms with Crippen LogP contribution in [0.25, 0.3) is 0 Å². The molecular weight excluding hydrogens is 455 g/mol. The Hall–Kier alpha value is -2.55. The Balaban J connectivity index is 2.23. The summed E-state index contributed by atoms with van der Waals surface area (Å²) in [5.41, 5.74) is 0.938. The van der Waals surface area contributed by atoms with E-state index < -0.39 is 24.7 Å². The topological polar surface area (TPSA) is 117 Å². The number of benzene rings is 2. The van der Waals surface area contributed by atoms with E-state index in [1.165, 1.54) is 31.2 Å². The van der Waals surface area contributed by atoms with E-state index in [0.29, 0.717) is 0 Å². The molecule has 0 aliphatic carbocycles. The summed E-state index contributed by atoms with van der Waals surface area (Å²) in [6.07, 6.45) is -0.351. The third-order valence-corrected chi connectivity index (χ3v) is 6.50. The Labute approximate surface area is 191 Å². The number of nitro groups is 1. The van der Waals surface area contributed by atoms with Gasteiger partial charge in [0.1, 0.15) is 17.5 Å². The second kappa shape index (κ2) is 11.9. The van der Waals surface area contributed by atoms with Gasteiger partial charge >= 0.3 is 13.7 Å². The number of rotatable bonds is 12. The molecule has 0 spiro atoms. The van der Waals surface area contributed by atoms with Crippen LogP contribution in [0, 0.1) is 10.1 Å². The molecule has 0 radical (unpaired) electrons. The van der Waals surface area contributed by atoms with Crippen LogP contribution in [0.5, 0.6) is 11.5 Å². The summed E-state index contributed by atoms with van der Waals surface area (Å²) in [5, 5.41) is 13.4. The molecule has 0 aromatic heterocycles. The van der Waals surface area contributed by atoms with Gasteiger partial charge in [0.25, 0.3) is 5.69 Å². The maximum Gasteiger partial charge on any atom is 0.513 e. The molecule has 0 fully saturated rings. The number of hydrogen-bond donors (Lipinski definition) is 1. The van der Waals surface area contributed by atoms with Crippen molar-refractivity contribution < 1.29 is 28.1 Å². The number of nitro benzene ring substituents is 1. The van der Waals surface area contributed by atoms with Crippen LogP contribution in [0.1, 0.15) is 33.3 Å². The number of carbonyl (C=O) groups is 1. The monoisotopic (exact) mass is 482 g/mol. The molecule has 11 heteroatoms. The molecule has 2 rings (SSSR count). The Morgan fingerprint density at radius 1 is 1.06 bits per heavy atom. The Kier molecular flexibility index (Phi) is 9.56. The average Bonchev–Trinajstić information content (AvgIpc) is 2.73. The van der Waals surface area contributed by atoms with Crippen molar-refractivity contribution in [2.24, 2.45) is 0 Å². The van der Waals surface area contributed by atoms with Crippen LogP contribution < -0.4 is 14.1 Å². The van der Waals surface area contributed by atoms with Crippen molar-refractivity contribution >= 4 is 31.2 Å². The lowest BCUT2D eigenvalue weighted by Gasteiger charge is -2.23. The Morgan fingerprint density at radius 2 is 1.59 bits per heavy atom. The lowest BCUT2D eigenvalue weighted by molar-refractivity contribution is -0.384. The summed E-state index contributed by atoms with van der Waals surface area (Å²) in [7, 11) is -4.12. The highest BCUT2D eigenvalue weighted by Crippen LogP contribution is 2.45. The van der Waals surface area contributed by atoms with Gasteiger partial charge in [-0.25, -0.2) is 4.57 Å². The van der Waals surface area contributed by atoms with E-state index in [9.17, 15) is 19.5 Å². The molecule has 2 atom stereocenters. The first kappa shape index (κ1) is 25.7. The van der Waals surface area contributed by atoms with Crippen molar-refractivity contribution in [3.8, 4) is 11.5 Å². The number of ether oxygens (including phenoxy) is 1. The Morgan fingerprint density at radius 3 is 2.06 bits per heavy atom. The van der Waals surface area contributed by atoms with Gasteiger partial charge in [-0.05, 0) is 56.4 Å². The van der Waals surface area contributed by atoms with Crippen molar-refractivity contribution in [1.82, 2.24) is 5.09 Å². The minimum absolute atomic E-state index is 0.0758. The molecule has 0 heterocycles. The maximum atomic E-state index is 13.5.